The SMILES string of the molecule is O=C(N/N=C\c1cc(Br)ccc1OCc1ccccc1)c1ccccc1OCc1ccccc1. The number of nitrogens with zero attached hydrogens (tertiary/aromatic N) is 1. The molecule has 1 N–H and O–H groups in total. The smallest absolute Gasteiger partial charge is 0.275 e. The highest BCUT2D eigenvalue weighted by Gasteiger charge is 2.12. The van der Waals surface area contributed by atoms with Crippen LogP contribution in [0.2, 0.25) is 0 Å². The predicted octanol–water partition coefficient (Wildman–Crippen LogP) is 6.37. The van der Waals surface area contributed by atoms with E-state index < -0.39 is 0 Å². The summed E-state index contributed by atoms with van der Waals surface area (Å²) in [6, 6.07) is 32.5. The van der Waals surface area contributed by atoms with E-state index in [4.69, 9.17) is 9.47 Å². The van der Waals surface area contributed by atoms with Gasteiger partial charge in [0.15, 0.2) is 0 Å². The van der Waals surface area contributed by atoms with Crippen LogP contribution in [0.15, 0.2) is 113 Å². The average Bonchev–Trinajstić information content (AvgIpc) is 2.88. The number of halogens is 1. The van der Waals surface area contributed by atoms with Crippen LogP contribution >= 0.6 is 15.9 Å². The maximum atomic E-state index is 12.8. The second kappa shape index (κ2) is 11.8. The highest BCUT2D eigenvalue weighted by Crippen LogP contribution is 2.23. The minimum absolute atomic E-state index is 0.360. The van der Waals surface area contributed by atoms with E-state index in [9.17, 15) is 4.79 Å². The molecular formula is C28H23BrN2O3. The summed E-state index contributed by atoms with van der Waals surface area (Å²) in [4.78, 5) is 12.8. The van der Waals surface area contributed by atoms with Crippen LogP contribution in [0.1, 0.15) is 27.0 Å². The highest BCUT2D eigenvalue weighted by molar-refractivity contribution is 9.10. The third-order valence-corrected chi connectivity index (χ3v) is 5.44. The van der Waals surface area contributed by atoms with Gasteiger partial charge >= 0.3 is 0 Å². The summed E-state index contributed by atoms with van der Waals surface area (Å²) in [5, 5.41) is 4.15. The Morgan fingerprint density at radius 1 is 0.765 bits per heavy atom. The van der Waals surface area contributed by atoms with Gasteiger partial charge in [0.1, 0.15) is 24.7 Å². The Morgan fingerprint density at radius 3 is 2.03 bits per heavy atom. The van der Waals surface area contributed by atoms with Crippen molar-refractivity contribution in [3.63, 3.8) is 0 Å². The third kappa shape index (κ3) is 6.56. The number of hydrogen-bond acceptors (Lipinski definition) is 4. The molecule has 170 valence electrons. The summed E-state index contributed by atoms with van der Waals surface area (Å²) < 4.78 is 12.7. The Bertz CT molecular complexity index is 1260. The van der Waals surface area contributed by atoms with Crippen molar-refractivity contribution >= 4 is 28.1 Å². The number of rotatable bonds is 9. The normalized spacial score (nSPS) is 10.7. The van der Waals surface area contributed by atoms with Crippen LogP contribution in [-0.4, -0.2) is 12.1 Å². The first-order chi connectivity index (χ1) is 16.7. The molecule has 34 heavy (non-hydrogen) atoms. The zero-order chi connectivity index (χ0) is 23.6. The van der Waals surface area contributed by atoms with Crippen LogP contribution in [0.25, 0.3) is 0 Å². The van der Waals surface area contributed by atoms with Crippen molar-refractivity contribution in [3.05, 3.63) is 130 Å². The van der Waals surface area contributed by atoms with Crippen LogP contribution < -0.4 is 14.9 Å². The van der Waals surface area contributed by atoms with E-state index in [1.807, 2.05) is 84.9 Å². The summed E-state index contributed by atoms with van der Waals surface area (Å²) in [5.41, 5.74) is 5.81. The van der Waals surface area contributed by atoms with Gasteiger partial charge in [-0.25, -0.2) is 5.43 Å². The summed E-state index contributed by atoms with van der Waals surface area (Å²) in [7, 11) is 0. The number of carbonyl (C=O) groups excluding carboxylic acids is 1. The minimum atomic E-state index is -0.360. The van der Waals surface area contributed by atoms with Gasteiger partial charge in [-0.1, -0.05) is 88.7 Å². The van der Waals surface area contributed by atoms with E-state index >= 15 is 0 Å². The minimum Gasteiger partial charge on any atom is -0.488 e. The molecule has 0 radical (unpaired) electrons. The van der Waals surface area contributed by atoms with Crippen molar-refractivity contribution in [2.45, 2.75) is 13.2 Å². The van der Waals surface area contributed by atoms with E-state index in [2.05, 4.69) is 26.5 Å². The van der Waals surface area contributed by atoms with E-state index in [0.29, 0.717) is 30.3 Å². The highest BCUT2D eigenvalue weighted by atomic mass is 79.9. The molecule has 0 spiro atoms. The van der Waals surface area contributed by atoms with Crippen molar-refractivity contribution in [1.82, 2.24) is 5.43 Å². The van der Waals surface area contributed by atoms with E-state index in [1.165, 1.54) is 0 Å². The fourth-order valence-electron chi connectivity index (χ4n) is 3.22. The number of para-hydroxylation sites is 1. The first-order valence-electron chi connectivity index (χ1n) is 10.7. The maximum absolute atomic E-state index is 12.8. The molecule has 0 aliphatic rings. The van der Waals surface area contributed by atoms with Crippen molar-refractivity contribution in [3.8, 4) is 11.5 Å². The zero-order valence-electron chi connectivity index (χ0n) is 18.4. The standard InChI is InChI=1S/C28H23BrN2O3/c29-24-15-16-26(33-19-21-9-3-1-4-10-21)23(17-24)18-30-31-28(32)25-13-7-8-14-27(25)34-20-22-11-5-2-6-12-22/h1-18H,19-20H2,(H,31,32)/b30-18-. The Morgan fingerprint density at radius 2 is 1.35 bits per heavy atom. The van der Waals surface area contributed by atoms with Crippen molar-refractivity contribution in [2.75, 3.05) is 0 Å². The van der Waals surface area contributed by atoms with Crippen LogP contribution in [0.4, 0.5) is 0 Å². The van der Waals surface area contributed by atoms with Crippen LogP contribution in [-0.2, 0) is 13.2 Å². The molecular weight excluding hydrogens is 492 g/mol. The van der Waals surface area contributed by atoms with Gasteiger partial charge in [-0.3, -0.25) is 4.79 Å². The van der Waals surface area contributed by atoms with Gasteiger partial charge < -0.3 is 9.47 Å². The first kappa shape index (κ1) is 23.3. The summed E-state index contributed by atoms with van der Waals surface area (Å²) >= 11 is 3.47. The monoisotopic (exact) mass is 514 g/mol. The van der Waals surface area contributed by atoms with Gasteiger partial charge in [0.25, 0.3) is 5.91 Å². The summed E-state index contributed by atoms with van der Waals surface area (Å²) in [6.07, 6.45) is 1.57. The number of benzene rings is 4. The molecule has 5 nitrogen and oxygen atoms in total. The Labute approximate surface area is 207 Å². The zero-order valence-corrected chi connectivity index (χ0v) is 19.9. The number of ether oxygens (including phenoxy) is 2. The number of nitrogens with one attached hydrogen (secondary N) is 1. The van der Waals surface area contributed by atoms with E-state index in [1.54, 1.807) is 24.4 Å². The molecule has 4 aromatic rings. The third-order valence-electron chi connectivity index (χ3n) is 4.95. The molecule has 0 aliphatic heterocycles. The second-order valence-electron chi connectivity index (χ2n) is 7.43. The van der Waals surface area contributed by atoms with E-state index in [-0.39, 0.29) is 5.91 Å². The van der Waals surface area contributed by atoms with Crippen molar-refractivity contribution in [2.24, 2.45) is 5.10 Å². The van der Waals surface area contributed by atoms with Gasteiger partial charge in [0.2, 0.25) is 0 Å². The molecule has 4 aromatic carbocycles. The molecule has 0 heterocycles. The number of hydrogen-bond donors (Lipinski definition) is 1. The fraction of sp³-hybridized carbons (Fsp3) is 0.0714. The van der Waals surface area contributed by atoms with E-state index in [0.717, 1.165) is 21.2 Å². The second-order valence-corrected chi connectivity index (χ2v) is 8.34. The Hall–Kier alpha value is -3.90. The summed E-state index contributed by atoms with van der Waals surface area (Å²) in [6.45, 7) is 0.802. The molecule has 0 unspecified atom stereocenters. The lowest BCUT2D eigenvalue weighted by Crippen LogP contribution is -2.18. The van der Waals surface area contributed by atoms with Crippen LogP contribution in [0.3, 0.4) is 0 Å². The first-order valence-corrected chi connectivity index (χ1v) is 11.5. The van der Waals surface area contributed by atoms with Crippen LogP contribution in [0, 0.1) is 0 Å². The summed E-state index contributed by atoms with van der Waals surface area (Å²) in [5.74, 6) is 0.798. The number of hydrazone groups is 1. The molecule has 6 heteroatoms. The largest absolute Gasteiger partial charge is 0.488 e. The van der Waals surface area contributed by atoms with Gasteiger partial charge in [-0.15, -0.1) is 0 Å². The number of carbonyl (C=O) groups is 1. The molecule has 4 rings (SSSR count). The van der Waals surface area contributed by atoms with Gasteiger partial charge in [-0.05, 0) is 41.5 Å². The molecule has 0 aromatic heterocycles. The molecule has 0 saturated heterocycles. The molecule has 0 saturated carbocycles. The lowest BCUT2D eigenvalue weighted by molar-refractivity contribution is 0.0950. The lowest BCUT2D eigenvalue weighted by atomic mass is 10.2. The predicted molar refractivity (Wildman–Crippen MR) is 137 cm³/mol. The molecule has 0 bridgehead atoms. The lowest BCUT2D eigenvalue weighted by Gasteiger charge is -2.11. The quantitative estimate of drug-likeness (QED) is 0.208. The molecule has 1 amide bonds. The molecule has 0 aliphatic carbocycles. The Balaban J connectivity index is 1.42. The van der Waals surface area contributed by atoms with Crippen LogP contribution in [0.5, 0.6) is 11.5 Å². The maximum Gasteiger partial charge on any atom is 0.275 e. The Kier molecular flexibility index (Phi) is 8.08. The van der Waals surface area contributed by atoms with Crippen molar-refractivity contribution < 1.29 is 14.3 Å². The molecule has 0 atom stereocenters. The van der Waals surface area contributed by atoms with Gasteiger partial charge in [0.05, 0.1) is 11.8 Å². The topological polar surface area (TPSA) is 59.9 Å². The molecule has 0 fully saturated rings. The van der Waals surface area contributed by atoms with Crippen molar-refractivity contribution in [1.29, 1.82) is 0 Å². The van der Waals surface area contributed by atoms with Gasteiger partial charge in [0, 0.05) is 10.0 Å². The average molecular weight is 515 g/mol. The van der Waals surface area contributed by atoms with Gasteiger partial charge in [-0.2, -0.15) is 5.10 Å². The number of amides is 1. The fourth-order valence-corrected chi connectivity index (χ4v) is 3.60.